The normalized spacial score (nSPS) is 10.5. The standard InChI is InChI=1S/C16H11F2N3OS/c17-11-6-5-9(7-12(11)18)15(22)20-13-4-2-1-3-10(13)14-8-23-16(19)21-14/h1-8H,(H2,19,21)(H,20,22). The maximum atomic E-state index is 13.2. The summed E-state index contributed by atoms with van der Waals surface area (Å²) in [5.41, 5.74) is 7.49. The lowest BCUT2D eigenvalue weighted by atomic mass is 10.1. The van der Waals surface area contributed by atoms with Crippen molar-refractivity contribution in [1.82, 2.24) is 4.98 Å². The molecule has 0 aliphatic carbocycles. The van der Waals surface area contributed by atoms with Gasteiger partial charge in [-0.15, -0.1) is 11.3 Å². The molecule has 3 aromatic rings. The Bertz CT molecular complexity index is 879. The van der Waals surface area contributed by atoms with Crippen LogP contribution >= 0.6 is 11.3 Å². The molecule has 0 aliphatic rings. The Kier molecular flexibility index (Phi) is 4.03. The molecule has 0 saturated carbocycles. The van der Waals surface area contributed by atoms with Gasteiger partial charge in [0, 0.05) is 16.5 Å². The first kappa shape index (κ1) is 15.1. The molecule has 0 saturated heterocycles. The van der Waals surface area contributed by atoms with Gasteiger partial charge in [-0.1, -0.05) is 18.2 Å². The zero-order valence-electron chi connectivity index (χ0n) is 11.7. The van der Waals surface area contributed by atoms with Crippen LogP contribution in [0.5, 0.6) is 0 Å². The Morgan fingerprint density at radius 3 is 2.61 bits per heavy atom. The van der Waals surface area contributed by atoms with Gasteiger partial charge >= 0.3 is 0 Å². The fourth-order valence-corrected chi connectivity index (χ4v) is 2.62. The maximum absolute atomic E-state index is 13.2. The van der Waals surface area contributed by atoms with Gasteiger partial charge in [-0.05, 0) is 24.3 Å². The van der Waals surface area contributed by atoms with E-state index in [-0.39, 0.29) is 5.56 Å². The SMILES string of the molecule is Nc1nc(-c2ccccc2NC(=O)c2ccc(F)c(F)c2)cs1. The van der Waals surface area contributed by atoms with Gasteiger partial charge in [-0.3, -0.25) is 4.79 Å². The van der Waals surface area contributed by atoms with E-state index in [0.29, 0.717) is 22.1 Å². The van der Waals surface area contributed by atoms with Crippen LogP contribution in [0.4, 0.5) is 19.6 Å². The van der Waals surface area contributed by atoms with Gasteiger partial charge in [0.15, 0.2) is 16.8 Å². The molecule has 0 aliphatic heterocycles. The van der Waals surface area contributed by atoms with E-state index in [1.165, 1.54) is 17.4 Å². The number of nitrogens with two attached hydrogens (primary N) is 1. The molecule has 0 radical (unpaired) electrons. The Morgan fingerprint density at radius 2 is 1.91 bits per heavy atom. The van der Waals surface area contributed by atoms with Crippen LogP contribution in [0, 0.1) is 11.6 Å². The minimum Gasteiger partial charge on any atom is -0.375 e. The van der Waals surface area contributed by atoms with Crippen molar-refractivity contribution >= 4 is 28.1 Å². The van der Waals surface area contributed by atoms with Gasteiger partial charge in [0.25, 0.3) is 5.91 Å². The predicted octanol–water partition coefficient (Wildman–Crippen LogP) is 3.92. The zero-order valence-corrected chi connectivity index (χ0v) is 12.5. The molecule has 7 heteroatoms. The Morgan fingerprint density at radius 1 is 1.13 bits per heavy atom. The number of hydrogen-bond donors (Lipinski definition) is 2. The minimum atomic E-state index is -1.07. The van der Waals surface area contributed by atoms with Crippen LogP contribution in [-0.2, 0) is 0 Å². The number of amides is 1. The molecule has 4 nitrogen and oxygen atoms in total. The number of nitrogens with zero attached hydrogens (tertiary/aromatic N) is 1. The highest BCUT2D eigenvalue weighted by atomic mass is 32.1. The average molecular weight is 331 g/mol. The van der Waals surface area contributed by atoms with Crippen molar-refractivity contribution < 1.29 is 13.6 Å². The number of nitrogens with one attached hydrogen (secondary N) is 1. The molecule has 1 amide bonds. The summed E-state index contributed by atoms with van der Waals surface area (Å²) >= 11 is 1.29. The Hall–Kier alpha value is -2.80. The summed E-state index contributed by atoms with van der Waals surface area (Å²) in [6, 6.07) is 10.0. The number of nitrogen functional groups attached to an aromatic ring is 1. The summed E-state index contributed by atoms with van der Waals surface area (Å²) in [5.74, 6) is -2.61. The van der Waals surface area contributed by atoms with E-state index in [2.05, 4.69) is 10.3 Å². The van der Waals surface area contributed by atoms with E-state index >= 15 is 0 Å². The van der Waals surface area contributed by atoms with Crippen LogP contribution in [0.2, 0.25) is 0 Å². The van der Waals surface area contributed by atoms with Crippen LogP contribution < -0.4 is 11.1 Å². The van der Waals surface area contributed by atoms with Gasteiger partial charge in [-0.2, -0.15) is 0 Å². The van der Waals surface area contributed by atoms with Crippen LogP contribution in [0.25, 0.3) is 11.3 Å². The number of carbonyl (C=O) groups is 1. The maximum Gasteiger partial charge on any atom is 0.255 e. The number of carbonyl (C=O) groups excluding carboxylic acids is 1. The van der Waals surface area contributed by atoms with Gasteiger partial charge in [0.2, 0.25) is 0 Å². The van der Waals surface area contributed by atoms with E-state index in [4.69, 9.17) is 5.73 Å². The van der Waals surface area contributed by atoms with Crippen LogP contribution in [0.3, 0.4) is 0 Å². The summed E-state index contributed by atoms with van der Waals surface area (Å²) in [6.07, 6.45) is 0. The smallest absolute Gasteiger partial charge is 0.255 e. The van der Waals surface area contributed by atoms with Crippen LogP contribution in [0.15, 0.2) is 47.8 Å². The predicted molar refractivity (Wildman–Crippen MR) is 86.3 cm³/mol. The summed E-state index contributed by atoms with van der Waals surface area (Å²) in [6.45, 7) is 0. The third-order valence-electron chi connectivity index (χ3n) is 3.15. The zero-order chi connectivity index (χ0) is 16.4. The molecule has 0 unspecified atom stereocenters. The number of para-hydroxylation sites is 1. The molecule has 0 fully saturated rings. The summed E-state index contributed by atoms with van der Waals surface area (Å²) in [5, 5.41) is 4.87. The van der Waals surface area contributed by atoms with Gasteiger partial charge in [0.1, 0.15) is 0 Å². The third kappa shape index (κ3) is 3.19. The first-order valence-electron chi connectivity index (χ1n) is 6.61. The fourth-order valence-electron chi connectivity index (χ4n) is 2.06. The van der Waals surface area contributed by atoms with Crippen molar-refractivity contribution in [2.75, 3.05) is 11.1 Å². The molecule has 3 rings (SSSR count). The summed E-state index contributed by atoms with van der Waals surface area (Å²) in [7, 11) is 0. The second-order valence-corrected chi connectivity index (χ2v) is 5.59. The highest BCUT2D eigenvalue weighted by Crippen LogP contribution is 2.30. The quantitative estimate of drug-likeness (QED) is 0.764. The molecular weight excluding hydrogens is 320 g/mol. The topological polar surface area (TPSA) is 68.0 Å². The van der Waals surface area contributed by atoms with E-state index in [0.717, 1.165) is 12.1 Å². The molecular formula is C16H11F2N3OS. The highest BCUT2D eigenvalue weighted by molar-refractivity contribution is 7.13. The molecule has 23 heavy (non-hydrogen) atoms. The van der Waals surface area contributed by atoms with E-state index < -0.39 is 17.5 Å². The van der Waals surface area contributed by atoms with E-state index in [1.54, 1.807) is 29.6 Å². The Labute approximate surface area is 134 Å². The van der Waals surface area contributed by atoms with E-state index in [1.807, 2.05) is 0 Å². The van der Waals surface area contributed by atoms with Crippen molar-refractivity contribution in [2.24, 2.45) is 0 Å². The van der Waals surface area contributed by atoms with Gasteiger partial charge in [-0.25, -0.2) is 13.8 Å². The van der Waals surface area contributed by atoms with Gasteiger partial charge < -0.3 is 11.1 Å². The summed E-state index contributed by atoms with van der Waals surface area (Å²) in [4.78, 5) is 16.4. The third-order valence-corrected chi connectivity index (χ3v) is 3.83. The first-order valence-corrected chi connectivity index (χ1v) is 7.49. The molecule has 116 valence electrons. The average Bonchev–Trinajstić information content (AvgIpc) is 2.97. The summed E-state index contributed by atoms with van der Waals surface area (Å²) < 4.78 is 26.2. The molecule has 0 spiro atoms. The molecule has 3 N–H and O–H groups in total. The molecule has 1 heterocycles. The number of aromatic nitrogens is 1. The molecule has 2 aromatic carbocycles. The lowest BCUT2D eigenvalue weighted by molar-refractivity contribution is 0.102. The highest BCUT2D eigenvalue weighted by Gasteiger charge is 2.13. The van der Waals surface area contributed by atoms with Gasteiger partial charge in [0.05, 0.1) is 11.4 Å². The second kappa shape index (κ2) is 6.13. The number of rotatable bonds is 3. The lowest BCUT2D eigenvalue weighted by Gasteiger charge is -2.09. The number of benzene rings is 2. The van der Waals surface area contributed by atoms with Crippen molar-refractivity contribution in [2.45, 2.75) is 0 Å². The number of halogens is 2. The molecule has 1 aromatic heterocycles. The molecule has 0 bridgehead atoms. The van der Waals surface area contributed by atoms with Crippen molar-refractivity contribution in [3.05, 3.63) is 65.0 Å². The first-order chi connectivity index (χ1) is 11.0. The van der Waals surface area contributed by atoms with Crippen molar-refractivity contribution in [3.63, 3.8) is 0 Å². The van der Waals surface area contributed by atoms with Crippen LogP contribution in [-0.4, -0.2) is 10.9 Å². The second-order valence-electron chi connectivity index (χ2n) is 4.70. The largest absolute Gasteiger partial charge is 0.375 e. The fraction of sp³-hybridized carbons (Fsp3) is 0. The minimum absolute atomic E-state index is 0.0245. The van der Waals surface area contributed by atoms with Crippen LogP contribution in [0.1, 0.15) is 10.4 Å². The lowest BCUT2D eigenvalue weighted by Crippen LogP contribution is -2.13. The Balaban J connectivity index is 1.91. The van der Waals surface area contributed by atoms with Crippen molar-refractivity contribution in [1.29, 1.82) is 0 Å². The van der Waals surface area contributed by atoms with E-state index in [9.17, 15) is 13.6 Å². The number of thiazole rings is 1. The monoisotopic (exact) mass is 331 g/mol. The van der Waals surface area contributed by atoms with Crippen molar-refractivity contribution in [3.8, 4) is 11.3 Å². The number of hydrogen-bond acceptors (Lipinski definition) is 4. The number of anilines is 2. The molecule has 0 atom stereocenters.